The van der Waals surface area contributed by atoms with Crippen molar-refractivity contribution in [2.24, 2.45) is 0 Å². The van der Waals surface area contributed by atoms with E-state index in [9.17, 15) is 4.79 Å². The van der Waals surface area contributed by atoms with Crippen LogP contribution >= 0.6 is 11.3 Å². The van der Waals surface area contributed by atoms with Crippen molar-refractivity contribution in [3.05, 3.63) is 21.9 Å². The lowest BCUT2D eigenvalue weighted by Crippen LogP contribution is -2.27. The molecule has 0 radical (unpaired) electrons. The van der Waals surface area contributed by atoms with Crippen molar-refractivity contribution in [3.63, 3.8) is 0 Å². The highest BCUT2D eigenvalue weighted by molar-refractivity contribution is 7.12. The van der Waals surface area contributed by atoms with Gasteiger partial charge in [0, 0.05) is 13.1 Å². The van der Waals surface area contributed by atoms with Gasteiger partial charge < -0.3 is 10.2 Å². The van der Waals surface area contributed by atoms with E-state index in [0.717, 1.165) is 18.5 Å². The fourth-order valence-corrected chi connectivity index (χ4v) is 2.37. The summed E-state index contributed by atoms with van der Waals surface area (Å²) in [7, 11) is 0. The molecule has 1 rings (SSSR count). The normalized spacial score (nSPS) is 10.9. The van der Waals surface area contributed by atoms with Gasteiger partial charge in [0.1, 0.15) is 4.88 Å². The van der Waals surface area contributed by atoms with Crippen LogP contribution in [0.15, 0.2) is 11.4 Å². The highest BCUT2D eigenvalue weighted by Gasteiger charge is 2.14. The Morgan fingerprint density at radius 1 is 1.50 bits per heavy atom. The lowest BCUT2D eigenvalue weighted by Gasteiger charge is -2.20. The Labute approximate surface area is 99.1 Å². The second-order valence-electron chi connectivity index (χ2n) is 3.58. The molecule has 0 aliphatic carbocycles. The lowest BCUT2D eigenvalue weighted by molar-refractivity contribution is 0.0700. The Morgan fingerprint density at radius 2 is 2.25 bits per heavy atom. The Morgan fingerprint density at radius 3 is 2.81 bits per heavy atom. The van der Waals surface area contributed by atoms with Crippen LogP contribution in [0.1, 0.15) is 28.6 Å². The van der Waals surface area contributed by atoms with Gasteiger partial charge >= 0.3 is 5.97 Å². The number of hydrogen-bond acceptors (Lipinski definition) is 4. The van der Waals surface area contributed by atoms with E-state index in [4.69, 9.17) is 10.2 Å². The average molecular weight is 243 g/mol. The highest BCUT2D eigenvalue weighted by Crippen LogP contribution is 2.18. The molecule has 1 heterocycles. The summed E-state index contributed by atoms with van der Waals surface area (Å²) in [5.74, 6) is -0.870. The monoisotopic (exact) mass is 243 g/mol. The molecule has 0 aromatic carbocycles. The standard InChI is InChI=1S/C11H17NO3S/c1-2-4-12(5-6-13)8-9-3-7-16-10(9)11(14)15/h3,7,13H,2,4-6,8H2,1H3,(H,14,15). The van der Waals surface area contributed by atoms with Crippen LogP contribution in [0.4, 0.5) is 0 Å². The van der Waals surface area contributed by atoms with Crippen LogP contribution in [0.5, 0.6) is 0 Å². The molecule has 1 aromatic heterocycles. The largest absolute Gasteiger partial charge is 0.477 e. The summed E-state index contributed by atoms with van der Waals surface area (Å²) in [4.78, 5) is 13.4. The maximum atomic E-state index is 10.9. The van der Waals surface area contributed by atoms with Crippen molar-refractivity contribution >= 4 is 17.3 Å². The molecular formula is C11H17NO3S. The molecule has 0 saturated carbocycles. The minimum absolute atomic E-state index is 0.104. The summed E-state index contributed by atoms with van der Waals surface area (Å²) < 4.78 is 0. The molecular weight excluding hydrogens is 226 g/mol. The first-order valence-corrected chi connectivity index (χ1v) is 6.19. The summed E-state index contributed by atoms with van der Waals surface area (Å²) in [5, 5.41) is 19.7. The predicted octanol–water partition coefficient (Wildman–Crippen LogP) is 1.65. The summed E-state index contributed by atoms with van der Waals surface area (Å²) >= 11 is 1.25. The zero-order valence-corrected chi connectivity index (χ0v) is 10.2. The molecule has 0 atom stereocenters. The van der Waals surface area contributed by atoms with Gasteiger partial charge in [-0.15, -0.1) is 11.3 Å². The van der Waals surface area contributed by atoms with Crippen LogP contribution in [0, 0.1) is 0 Å². The Balaban J connectivity index is 2.68. The van der Waals surface area contributed by atoms with E-state index < -0.39 is 5.97 Å². The molecule has 16 heavy (non-hydrogen) atoms. The van der Waals surface area contributed by atoms with Crippen molar-refractivity contribution in [1.29, 1.82) is 0 Å². The maximum absolute atomic E-state index is 10.9. The van der Waals surface area contributed by atoms with E-state index >= 15 is 0 Å². The summed E-state index contributed by atoms with van der Waals surface area (Å²) in [6, 6.07) is 1.84. The van der Waals surface area contributed by atoms with Gasteiger partial charge in [-0.25, -0.2) is 4.79 Å². The minimum Gasteiger partial charge on any atom is -0.477 e. The van der Waals surface area contributed by atoms with Crippen LogP contribution in [0.2, 0.25) is 0 Å². The predicted molar refractivity (Wildman–Crippen MR) is 63.9 cm³/mol. The van der Waals surface area contributed by atoms with Gasteiger partial charge in [-0.2, -0.15) is 0 Å². The fourth-order valence-electron chi connectivity index (χ4n) is 1.62. The first-order valence-electron chi connectivity index (χ1n) is 5.32. The maximum Gasteiger partial charge on any atom is 0.346 e. The van der Waals surface area contributed by atoms with E-state index in [2.05, 4.69) is 11.8 Å². The van der Waals surface area contributed by atoms with Gasteiger partial charge in [0.25, 0.3) is 0 Å². The molecule has 0 saturated heterocycles. The third-order valence-electron chi connectivity index (χ3n) is 2.29. The Hall–Kier alpha value is -0.910. The molecule has 4 nitrogen and oxygen atoms in total. The molecule has 0 fully saturated rings. The van der Waals surface area contributed by atoms with Crippen LogP contribution < -0.4 is 0 Å². The van der Waals surface area contributed by atoms with Crippen LogP contribution in [0.25, 0.3) is 0 Å². The van der Waals surface area contributed by atoms with Crippen molar-refractivity contribution in [2.45, 2.75) is 19.9 Å². The minimum atomic E-state index is -0.870. The molecule has 90 valence electrons. The van der Waals surface area contributed by atoms with Gasteiger partial charge in [0.2, 0.25) is 0 Å². The number of rotatable bonds is 7. The third kappa shape index (κ3) is 3.59. The molecule has 0 aliphatic heterocycles. The summed E-state index contributed by atoms with van der Waals surface area (Å²) in [6.45, 7) is 4.22. The zero-order chi connectivity index (χ0) is 12.0. The number of carboxylic acid groups (broad SMARTS) is 1. The van der Waals surface area contributed by atoms with E-state index in [-0.39, 0.29) is 6.61 Å². The SMILES string of the molecule is CCCN(CCO)Cc1ccsc1C(=O)O. The van der Waals surface area contributed by atoms with Gasteiger partial charge in [-0.1, -0.05) is 6.92 Å². The molecule has 0 bridgehead atoms. The number of aliphatic hydroxyl groups is 1. The lowest BCUT2D eigenvalue weighted by atomic mass is 10.2. The molecule has 1 aromatic rings. The number of nitrogens with zero attached hydrogens (tertiary/aromatic N) is 1. The first-order chi connectivity index (χ1) is 7.69. The molecule has 0 aliphatic rings. The number of aromatic carboxylic acids is 1. The summed E-state index contributed by atoms with van der Waals surface area (Å²) in [5.41, 5.74) is 0.833. The Bertz CT molecular complexity index is 332. The van der Waals surface area contributed by atoms with Crippen LogP contribution in [-0.4, -0.2) is 40.8 Å². The molecule has 0 amide bonds. The molecule has 2 N–H and O–H groups in total. The van der Waals surface area contributed by atoms with E-state index in [0.29, 0.717) is 18.0 Å². The topological polar surface area (TPSA) is 60.8 Å². The average Bonchev–Trinajstić information content (AvgIpc) is 2.66. The van der Waals surface area contributed by atoms with Gasteiger partial charge in [0.05, 0.1) is 6.61 Å². The van der Waals surface area contributed by atoms with Crippen LogP contribution in [0.3, 0.4) is 0 Å². The number of hydrogen-bond donors (Lipinski definition) is 2. The van der Waals surface area contributed by atoms with E-state index in [1.165, 1.54) is 11.3 Å². The number of thiophene rings is 1. The van der Waals surface area contributed by atoms with Gasteiger partial charge in [-0.05, 0) is 30.0 Å². The van der Waals surface area contributed by atoms with E-state index in [1.807, 2.05) is 6.07 Å². The molecule has 5 heteroatoms. The Kier molecular flexibility index (Phi) is 5.45. The van der Waals surface area contributed by atoms with Crippen LogP contribution in [-0.2, 0) is 6.54 Å². The second kappa shape index (κ2) is 6.62. The smallest absolute Gasteiger partial charge is 0.346 e. The quantitative estimate of drug-likeness (QED) is 0.764. The fraction of sp³-hybridized carbons (Fsp3) is 0.545. The van der Waals surface area contributed by atoms with Crippen molar-refractivity contribution < 1.29 is 15.0 Å². The third-order valence-corrected chi connectivity index (χ3v) is 3.24. The van der Waals surface area contributed by atoms with Crippen molar-refractivity contribution in [3.8, 4) is 0 Å². The van der Waals surface area contributed by atoms with Gasteiger partial charge in [-0.3, -0.25) is 4.90 Å². The van der Waals surface area contributed by atoms with E-state index in [1.54, 1.807) is 5.38 Å². The number of aliphatic hydroxyl groups excluding tert-OH is 1. The summed E-state index contributed by atoms with van der Waals surface area (Å²) in [6.07, 6.45) is 0.993. The number of carboxylic acids is 1. The number of carbonyl (C=O) groups is 1. The molecule has 0 unspecified atom stereocenters. The van der Waals surface area contributed by atoms with Crippen molar-refractivity contribution in [1.82, 2.24) is 4.90 Å². The van der Waals surface area contributed by atoms with Crippen molar-refractivity contribution in [2.75, 3.05) is 19.7 Å². The molecule has 0 spiro atoms. The highest BCUT2D eigenvalue weighted by atomic mass is 32.1. The second-order valence-corrected chi connectivity index (χ2v) is 4.50. The zero-order valence-electron chi connectivity index (χ0n) is 9.35. The van der Waals surface area contributed by atoms with Gasteiger partial charge in [0.15, 0.2) is 0 Å². The first kappa shape index (κ1) is 13.2.